The maximum atomic E-state index is 14.6. The van der Waals surface area contributed by atoms with Gasteiger partial charge in [0.25, 0.3) is 0 Å². The van der Waals surface area contributed by atoms with Gasteiger partial charge in [0.05, 0.1) is 11.6 Å². The number of likely N-dealkylation sites (N-methyl/N-ethyl adjacent to an activating group) is 1. The van der Waals surface area contributed by atoms with E-state index in [1.807, 2.05) is 25.1 Å². The van der Waals surface area contributed by atoms with Gasteiger partial charge in [0.2, 0.25) is 6.41 Å². The molecule has 7 nitrogen and oxygen atoms in total. The molecule has 1 heterocycles. The summed E-state index contributed by atoms with van der Waals surface area (Å²) in [5.74, 6) is -0.890. The zero-order valence-corrected chi connectivity index (χ0v) is 16.2. The van der Waals surface area contributed by atoms with Crippen molar-refractivity contribution in [3.8, 4) is 17.2 Å². The third kappa shape index (κ3) is 4.52. The first-order valence-electron chi connectivity index (χ1n) is 9.09. The lowest BCUT2D eigenvalue weighted by molar-refractivity contribution is -0.109. The smallest absolute Gasteiger partial charge is 0.408 e. The van der Waals surface area contributed by atoms with E-state index in [4.69, 9.17) is 9.68 Å². The molecule has 1 aromatic heterocycles. The third-order valence-electron chi connectivity index (χ3n) is 4.67. The lowest BCUT2D eigenvalue weighted by Crippen LogP contribution is -2.28. The molecule has 2 aromatic carbocycles. The van der Waals surface area contributed by atoms with Gasteiger partial charge < -0.3 is 14.6 Å². The van der Waals surface area contributed by atoms with Gasteiger partial charge in [-0.1, -0.05) is 18.2 Å². The van der Waals surface area contributed by atoms with Crippen molar-refractivity contribution in [2.75, 3.05) is 20.6 Å². The van der Waals surface area contributed by atoms with Gasteiger partial charge in [-0.25, -0.2) is 9.18 Å². The molecule has 1 amide bonds. The minimum absolute atomic E-state index is 0.0756. The largest absolute Gasteiger partial charge is 0.419 e. The minimum atomic E-state index is -0.790. The molecule has 3 aromatic rings. The van der Waals surface area contributed by atoms with E-state index in [-0.39, 0.29) is 6.42 Å². The Balaban J connectivity index is 1.93. The monoisotopic (exact) mass is 396 g/mol. The predicted molar refractivity (Wildman–Crippen MR) is 107 cm³/mol. The molecule has 29 heavy (non-hydrogen) atoms. The van der Waals surface area contributed by atoms with Crippen LogP contribution in [-0.2, 0) is 17.8 Å². The number of fused-ring (bicyclic) bond motifs is 1. The van der Waals surface area contributed by atoms with Crippen LogP contribution in [-0.4, -0.2) is 42.6 Å². The number of benzene rings is 2. The lowest BCUT2D eigenvalue weighted by Gasteiger charge is -2.11. The maximum Gasteiger partial charge on any atom is 0.419 e. The zero-order valence-electron chi connectivity index (χ0n) is 16.2. The highest BCUT2D eigenvalue weighted by Crippen LogP contribution is 2.26. The van der Waals surface area contributed by atoms with Gasteiger partial charge in [-0.2, -0.15) is 5.26 Å². The van der Waals surface area contributed by atoms with Crippen molar-refractivity contribution in [2.45, 2.75) is 19.0 Å². The van der Waals surface area contributed by atoms with Crippen molar-refractivity contribution in [2.24, 2.45) is 0 Å². The Bertz CT molecular complexity index is 1130. The van der Waals surface area contributed by atoms with Crippen LogP contribution >= 0.6 is 0 Å². The molecular formula is C21H21FN4O3. The second kappa shape index (κ2) is 8.71. The summed E-state index contributed by atoms with van der Waals surface area (Å²) in [6.45, 7) is 1.16. The molecule has 150 valence electrons. The molecule has 0 aliphatic carbocycles. The van der Waals surface area contributed by atoms with Crippen LogP contribution in [0.25, 0.3) is 22.2 Å². The van der Waals surface area contributed by atoms with Crippen molar-refractivity contribution in [3.05, 3.63) is 58.3 Å². The number of nitriles is 1. The van der Waals surface area contributed by atoms with E-state index in [0.29, 0.717) is 41.7 Å². The molecule has 0 bridgehead atoms. The first-order valence-corrected chi connectivity index (χ1v) is 9.09. The maximum absolute atomic E-state index is 14.6. The minimum Gasteiger partial charge on any atom is -0.408 e. The van der Waals surface area contributed by atoms with E-state index in [9.17, 15) is 14.0 Å². The quantitative estimate of drug-likeness (QED) is 0.589. The average Bonchev–Trinajstić information content (AvgIpc) is 3.01. The third-order valence-corrected chi connectivity index (χ3v) is 4.67. The van der Waals surface area contributed by atoms with Gasteiger partial charge >= 0.3 is 5.76 Å². The standard InChI is InChI=1S/C21H21FN4O3/c1-25(2)7-8-26-19-11-15(5-6-20(19)29-21(26)28)14-3-4-16(18(22)10-14)9-17(12-23)24-13-27/h3-6,10-11,13,17H,7-9H2,1-2H3,(H,24,27)/t17-/m0/s1. The Labute approximate surface area is 167 Å². The van der Waals surface area contributed by atoms with E-state index >= 15 is 0 Å². The second-order valence-electron chi connectivity index (χ2n) is 6.98. The summed E-state index contributed by atoms with van der Waals surface area (Å²) in [5.41, 5.74) is 2.84. The number of nitrogens with one attached hydrogen (secondary N) is 1. The molecule has 0 aliphatic heterocycles. The first kappa shape index (κ1) is 20.3. The molecule has 0 fully saturated rings. The molecule has 0 unspecified atom stereocenters. The summed E-state index contributed by atoms with van der Waals surface area (Å²) >= 11 is 0. The number of hydrogen-bond acceptors (Lipinski definition) is 5. The summed E-state index contributed by atoms with van der Waals surface area (Å²) in [6.07, 6.45) is 0.502. The van der Waals surface area contributed by atoms with Crippen LogP contribution in [0.1, 0.15) is 5.56 Å². The number of rotatable bonds is 8. The highest BCUT2D eigenvalue weighted by atomic mass is 19.1. The van der Waals surface area contributed by atoms with E-state index in [0.717, 1.165) is 5.56 Å². The van der Waals surface area contributed by atoms with Gasteiger partial charge in [-0.05, 0) is 49.0 Å². The van der Waals surface area contributed by atoms with Crippen LogP contribution in [0, 0.1) is 17.1 Å². The summed E-state index contributed by atoms with van der Waals surface area (Å²) in [7, 11) is 3.84. The molecule has 0 aliphatic rings. The number of carbonyl (C=O) groups excluding carboxylic acids is 1. The number of carbonyl (C=O) groups is 1. The Morgan fingerprint density at radius 1 is 1.28 bits per heavy atom. The number of nitrogens with zero attached hydrogens (tertiary/aromatic N) is 3. The fraction of sp³-hybridized carbons (Fsp3) is 0.286. The molecule has 0 saturated carbocycles. The van der Waals surface area contributed by atoms with Crippen LogP contribution in [0.3, 0.4) is 0 Å². The number of halogens is 1. The Hall–Kier alpha value is -3.44. The van der Waals surface area contributed by atoms with Crippen molar-refractivity contribution in [3.63, 3.8) is 0 Å². The zero-order chi connectivity index (χ0) is 21.0. The summed E-state index contributed by atoms with van der Waals surface area (Å²) in [6, 6.07) is 11.1. The van der Waals surface area contributed by atoms with Gasteiger partial charge in [0.1, 0.15) is 11.9 Å². The van der Waals surface area contributed by atoms with Crippen molar-refractivity contribution < 1.29 is 13.6 Å². The highest BCUT2D eigenvalue weighted by molar-refractivity contribution is 5.80. The van der Waals surface area contributed by atoms with Crippen LogP contribution < -0.4 is 11.1 Å². The lowest BCUT2D eigenvalue weighted by atomic mass is 10.00. The number of aromatic nitrogens is 1. The molecule has 8 heteroatoms. The van der Waals surface area contributed by atoms with Crippen LogP contribution in [0.15, 0.2) is 45.6 Å². The van der Waals surface area contributed by atoms with Crippen molar-refractivity contribution in [1.29, 1.82) is 5.26 Å². The molecule has 1 atom stereocenters. The summed E-state index contributed by atoms with van der Waals surface area (Å²) < 4.78 is 21.4. The average molecular weight is 396 g/mol. The van der Waals surface area contributed by atoms with Crippen molar-refractivity contribution in [1.82, 2.24) is 14.8 Å². The molecular weight excluding hydrogens is 375 g/mol. The van der Waals surface area contributed by atoms with Gasteiger partial charge in [0, 0.05) is 19.5 Å². The van der Waals surface area contributed by atoms with Gasteiger partial charge in [-0.3, -0.25) is 9.36 Å². The van der Waals surface area contributed by atoms with Crippen LogP contribution in [0.5, 0.6) is 0 Å². The highest BCUT2D eigenvalue weighted by Gasteiger charge is 2.14. The predicted octanol–water partition coefficient (Wildman–Crippen LogP) is 2.14. The topological polar surface area (TPSA) is 91.3 Å². The Morgan fingerprint density at radius 3 is 2.66 bits per heavy atom. The van der Waals surface area contributed by atoms with Gasteiger partial charge in [-0.15, -0.1) is 0 Å². The molecule has 1 N–H and O–H groups in total. The Kier molecular flexibility index (Phi) is 6.10. The SMILES string of the molecule is CN(C)CCn1c(=O)oc2ccc(-c3ccc(C[C@@H](C#N)NC=O)c(F)c3)cc21. The Morgan fingerprint density at radius 2 is 2.00 bits per heavy atom. The first-order chi connectivity index (χ1) is 13.9. The van der Waals surface area contributed by atoms with E-state index in [2.05, 4.69) is 5.32 Å². The molecule has 3 rings (SSSR count). The van der Waals surface area contributed by atoms with Gasteiger partial charge in [0.15, 0.2) is 5.58 Å². The fourth-order valence-corrected chi connectivity index (χ4v) is 3.09. The normalized spacial score (nSPS) is 12.1. The number of oxazole rings is 1. The molecule has 0 spiro atoms. The van der Waals surface area contributed by atoms with E-state index in [1.165, 1.54) is 6.07 Å². The van der Waals surface area contributed by atoms with Crippen LogP contribution in [0.4, 0.5) is 4.39 Å². The summed E-state index contributed by atoms with van der Waals surface area (Å²) in [5, 5.41) is 11.4. The molecule has 0 saturated heterocycles. The summed E-state index contributed by atoms with van der Waals surface area (Å²) in [4.78, 5) is 24.6. The van der Waals surface area contributed by atoms with E-state index < -0.39 is 17.6 Å². The number of hydrogen-bond donors (Lipinski definition) is 1. The van der Waals surface area contributed by atoms with E-state index in [1.54, 1.807) is 34.9 Å². The van der Waals surface area contributed by atoms with Crippen molar-refractivity contribution >= 4 is 17.5 Å². The second-order valence-corrected chi connectivity index (χ2v) is 6.98. The molecule has 0 radical (unpaired) electrons. The number of amides is 1. The van der Waals surface area contributed by atoms with Crippen LogP contribution in [0.2, 0.25) is 0 Å². The fourth-order valence-electron chi connectivity index (χ4n) is 3.09.